The lowest BCUT2D eigenvalue weighted by atomic mass is 10.1. The van der Waals surface area contributed by atoms with Crippen LogP contribution < -0.4 is 0 Å². The molecule has 102 valence electrons. The van der Waals surface area contributed by atoms with Gasteiger partial charge in [0.2, 0.25) is 0 Å². The molecule has 0 amide bonds. The molecule has 0 saturated carbocycles. The van der Waals surface area contributed by atoms with E-state index in [2.05, 4.69) is 41.7 Å². The Morgan fingerprint density at radius 3 is 2.74 bits per heavy atom. The highest BCUT2D eigenvalue weighted by Gasteiger charge is 2.19. The number of hydrogen-bond acceptors (Lipinski definition) is 3. The van der Waals surface area contributed by atoms with Gasteiger partial charge in [0.25, 0.3) is 0 Å². The standard InChI is InChI=1S/C13H18BrN5/c14-12-9-16-19(10-12)8-7-17-4-1-13(2-5-17)18-6-3-15-11-18/h3,6,9-11,13H,1-2,4-5,7-8H2. The number of nitrogens with zero attached hydrogens (tertiary/aromatic N) is 5. The molecule has 3 rings (SSSR count). The fraction of sp³-hybridized carbons (Fsp3) is 0.538. The van der Waals surface area contributed by atoms with Gasteiger partial charge in [0.15, 0.2) is 0 Å². The lowest BCUT2D eigenvalue weighted by Gasteiger charge is -2.32. The zero-order chi connectivity index (χ0) is 13.1. The number of likely N-dealkylation sites (tertiary alicyclic amines) is 1. The second kappa shape index (κ2) is 5.88. The predicted molar refractivity (Wildman–Crippen MR) is 76.9 cm³/mol. The summed E-state index contributed by atoms with van der Waals surface area (Å²) in [6, 6.07) is 0.623. The number of hydrogen-bond donors (Lipinski definition) is 0. The molecule has 0 N–H and O–H groups in total. The van der Waals surface area contributed by atoms with Crippen molar-refractivity contribution in [1.82, 2.24) is 24.2 Å². The van der Waals surface area contributed by atoms with Gasteiger partial charge >= 0.3 is 0 Å². The second-order valence-corrected chi connectivity index (χ2v) is 5.92. The number of imidazole rings is 1. The van der Waals surface area contributed by atoms with Crippen LogP contribution >= 0.6 is 15.9 Å². The number of rotatable bonds is 4. The van der Waals surface area contributed by atoms with Gasteiger partial charge in [-0.2, -0.15) is 5.10 Å². The zero-order valence-electron chi connectivity index (χ0n) is 10.8. The van der Waals surface area contributed by atoms with Crippen LogP contribution in [0.5, 0.6) is 0 Å². The molecular weight excluding hydrogens is 306 g/mol. The van der Waals surface area contributed by atoms with Crippen molar-refractivity contribution < 1.29 is 0 Å². The van der Waals surface area contributed by atoms with Crippen LogP contribution in [0.3, 0.4) is 0 Å². The molecule has 1 aliphatic heterocycles. The first-order valence-electron chi connectivity index (χ1n) is 6.69. The van der Waals surface area contributed by atoms with Crippen molar-refractivity contribution in [2.75, 3.05) is 19.6 Å². The van der Waals surface area contributed by atoms with Crippen LogP contribution in [0.4, 0.5) is 0 Å². The molecule has 5 nitrogen and oxygen atoms in total. The van der Waals surface area contributed by atoms with E-state index in [-0.39, 0.29) is 0 Å². The Morgan fingerprint density at radius 2 is 2.11 bits per heavy atom. The van der Waals surface area contributed by atoms with E-state index in [1.165, 1.54) is 12.8 Å². The summed E-state index contributed by atoms with van der Waals surface area (Å²) in [6.07, 6.45) is 12.1. The molecule has 3 heterocycles. The van der Waals surface area contributed by atoms with Crippen LogP contribution in [-0.2, 0) is 6.54 Å². The molecule has 6 heteroatoms. The molecule has 0 atom stereocenters. The normalized spacial score (nSPS) is 17.9. The minimum Gasteiger partial charge on any atom is -0.334 e. The smallest absolute Gasteiger partial charge is 0.0948 e. The fourth-order valence-electron chi connectivity index (χ4n) is 2.63. The Labute approximate surface area is 121 Å². The van der Waals surface area contributed by atoms with Gasteiger partial charge in [-0.3, -0.25) is 4.68 Å². The van der Waals surface area contributed by atoms with E-state index in [0.29, 0.717) is 6.04 Å². The maximum absolute atomic E-state index is 4.29. The van der Waals surface area contributed by atoms with Crippen molar-refractivity contribution in [2.24, 2.45) is 0 Å². The summed E-state index contributed by atoms with van der Waals surface area (Å²) in [5, 5.41) is 4.29. The SMILES string of the molecule is Brc1cnn(CCN2CCC(n3ccnc3)CC2)c1. The zero-order valence-corrected chi connectivity index (χ0v) is 12.4. The number of piperidine rings is 1. The third-order valence-electron chi connectivity index (χ3n) is 3.75. The summed E-state index contributed by atoms with van der Waals surface area (Å²) in [6.45, 7) is 4.35. The van der Waals surface area contributed by atoms with Crippen LogP contribution in [0.2, 0.25) is 0 Å². The summed E-state index contributed by atoms with van der Waals surface area (Å²) >= 11 is 3.42. The van der Waals surface area contributed by atoms with Crippen molar-refractivity contribution in [3.05, 3.63) is 35.6 Å². The van der Waals surface area contributed by atoms with E-state index >= 15 is 0 Å². The molecule has 0 spiro atoms. The van der Waals surface area contributed by atoms with E-state index in [4.69, 9.17) is 0 Å². The van der Waals surface area contributed by atoms with Crippen LogP contribution in [-0.4, -0.2) is 43.9 Å². The molecule has 0 aromatic carbocycles. The van der Waals surface area contributed by atoms with E-state index in [1.54, 1.807) is 0 Å². The van der Waals surface area contributed by atoms with Crippen LogP contribution in [0.25, 0.3) is 0 Å². The van der Waals surface area contributed by atoms with E-state index in [1.807, 2.05) is 29.6 Å². The summed E-state index contributed by atoms with van der Waals surface area (Å²) < 4.78 is 5.28. The summed E-state index contributed by atoms with van der Waals surface area (Å²) in [4.78, 5) is 6.64. The van der Waals surface area contributed by atoms with Crippen molar-refractivity contribution in [2.45, 2.75) is 25.4 Å². The lowest BCUT2D eigenvalue weighted by Crippen LogP contribution is -2.36. The molecule has 19 heavy (non-hydrogen) atoms. The Balaban J connectivity index is 1.45. The van der Waals surface area contributed by atoms with Gasteiger partial charge in [0.1, 0.15) is 0 Å². The molecule has 2 aromatic rings. The van der Waals surface area contributed by atoms with Gasteiger partial charge in [-0.05, 0) is 28.8 Å². The van der Waals surface area contributed by atoms with Gasteiger partial charge < -0.3 is 9.47 Å². The van der Waals surface area contributed by atoms with E-state index < -0.39 is 0 Å². The van der Waals surface area contributed by atoms with Crippen LogP contribution in [0, 0.1) is 0 Å². The average molecular weight is 324 g/mol. The summed E-state index contributed by atoms with van der Waals surface area (Å²) in [5.74, 6) is 0. The molecule has 0 unspecified atom stereocenters. The summed E-state index contributed by atoms with van der Waals surface area (Å²) in [7, 11) is 0. The monoisotopic (exact) mass is 323 g/mol. The maximum Gasteiger partial charge on any atom is 0.0948 e. The van der Waals surface area contributed by atoms with Gasteiger partial charge in [-0.1, -0.05) is 0 Å². The second-order valence-electron chi connectivity index (χ2n) is 5.00. The van der Waals surface area contributed by atoms with Crippen LogP contribution in [0.15, 0.2) is 35.6 Å². The Kier molecular flexibility index (Phi) is 3.98. The molecular formula is C13H18BrN5. The third-order valence-corrected chi connectivity index (χ3v) is 4.16. The largest absolute Gasteiger partial charge is 0.334 e. The highest BCUT2D eigenvalue weighted by molar-refractivity contribution is 9.10. The molecule has 1 aliphatic rings. The van der Waals surface area contributed by atoms with Gasteiger partial charge in [0, 0.05) is 44.3 Å². The quantitative estimate of drug-likeness (QED) is 0.865. The Morgan fingerprint density at radius 1 is 1.26 bits per heavy atom. The van der Waals surface area contributed by atoms with Gasteiger partial charge in [-0.15, -0.1) is 0 Å². The van der Waals surface area contributed by atoms with Gasteiger partial charge in [0.05, 0.1) is 23.5 Å². The first-order valence-corrected chi connectivity index (χ1v) is 7.48. The minimum atomic E-state index is 0.623. The van der Waals surface area contributed by atoms with E-state index in [9.17, 15) is 0 Å². The first-order chi connectivity index (χ1) is 9.31. The Bertz CT molecular complexity index is 499. The highest BCUT2D eigenvalue weighted by Crippen LogP contribution is 2.21. The Hall–Kier alpha value is -1.14. The van der Waals surface area contributed by atoms with Crippen molar-refractivity contribution >= 4 is 15.9 Å². The van der Waals surface area contributed by atoms with Crippen molar-refractivity contribution in [3.8, 4) is 0 Å². The van der Waals surface area contributed by atoms with Crippen LogP contribution in [0.1, 0.15) is 18.9 Å². The molecule has 1 saturated heterocycles. The number of halogens is 1. The van der Waals surface area contributed by atoms with Crippen molar-refractivity contribution in [1.29, 1.82) is 0 Å². The number of aromatic nitrogens is 4. The molecule has 2 aromatic heterocycles. The molecule has 0 bridgehead atoms. The maximum atomic E-state index is 4.29. The van der Waals surface area contributed by atoms with E-state index in [0.717, 1.165) is 30.7 Å². The van der Waals surface area contributed by atoms with Crippen molar-refractivity contribution in [3.63, 3.8) is 0 Å². The highest BCUT2D eigenvalue weighted by atomic mass is 79.9. The molecule has 0 radical (unpaired) electrons. The topological polar surface area (TPSA) is 38.9 Å². The fourth-order valence-corrected chi connectivity index (χ4v) is 2.96. The average Bonchev–Trinajstić information content (AvgIpc) is 3.08. The molecule has 0 aliphatic carbocycles. The first kappa shape index (κ1) is 12.9. The minimum absolute atomic E-state index is 0.623. The predicted octanol–water partition coefficient (Wildman–Crippen LogP) is 2.18. The molecule has 1 fully saturated rings. The summed E-state index contributed by atoms with van der Waals surface area (Å²) in [5.41, 5.74) is 0. The third kappa shape index (κ3) is 3.25. The lowest BCUT2D eigenvalue weighted by molar-refractivity contribution is 0.179. The van der Waals surface area contributed by atoms with Gasteiger partial charge in [-0.25, -0.2) is 4.98 Å².